The van der Waals surface area contributed by atoms with Crippen LogP contribution in [-0.4, -0.2) is 62.3 Å². The molecule has 10 heteroatoms. The van der Waals surface area contributed by atoms with Crippen LogP contribution in [0.15, 0.2) is 35.2 Å². The normalized spacial score (nSPS) is 11.9. The number of benzene rings is 2. The van der Waals surface area contributed by atoms with E-state index in [-0.39, 0.29) is 40.6 Å². The Kier molecular flexibility index (Phi) is 5.30. The molecule has 7 nitrogen and oxygen atoms in total. The summed E-state index contributed by atoms with van der Waals surface area (Å²) in [7, 11) is -8.08. The fraction of sp³-hybridized carbons (Fsp3) is 0.0909. The molecule has 0 aliphatic heterocycles. The molecule has 0 bridgehead atoms. The maximum absolute atomic E-state index is 11.2. The molecule has 0 unspecified atom stereocenters. The summed E-state index contributed by atoms with van der Waals surface area (Å²) in [6.45, 7) is 0. The van der Waals surface area contributed by atoms with Gasteiger partial charge in [-0.05, 0) is 12.1 Å². The third-order valence-electron chi connectivity index (χ3n) is 2.57. The first kappa shape index (κ1) is 18.2. The third kappa shape index (κ3) is 4.09. The average Bonchev–Trinajstić information content (AvgIpc) is 2.26. The molecule has 1 radical (unpaired) electrons. The Balaban J connectivity index is 0.00000220. The molecule has 21 heavy (non-hydrogen) atoms. The summed E-state index contributed by atoms with van der Waals surface area (Å²) in [6.07, 6.45) is 0.970. The van der Waals surface area contributed by atoms with Gasteiger partial charge in [0.25, 0.3) is 10.1 Å². The van der Waals surface area contributed by atoms with Gasteiger partial charge in [0.05, 0.1) is 11.9 Å². The molecule has 2 rings (SSSR count). The third-order valence-corrected chi connectivity index (χ3v) is 4.05. The zero-order valence-corrected chi connectivity index (χ0v) is 14.9. The number of nitrogens with one attached hydrogen (secondary N) is 1. The smallest absolute Gasteiger partial charge is 0.298 e. The summed E-state index contributed by atoms with van der Waals surface area (Å²) >= 11 is 0. The maximum Gasteiger partial charge on any atom is 0.298 e. The predicted octanol–water partition coefficient (Wildman–Crippen LogP) is 0.783. The van der Waals surface area contributed by atoms with Gasteiger partial charge in [-0.1, -0.05) is 18.2 Å². The van der Waals surface area contributed by atoms with Gasteiger partial charge in [-0.25, -0.2) is 8.42 Å². The van der Waals surface area contributed by atoms with E-state index in [0.29, 0.717) is 5.39 Å². The Morgan fingerprint density at radius 2 is 1.62 bits per heavy atom. The Hall–Kier alpha value is -0.840. The van der Waals surface area contributed by atoms with Crippen molar-refractivity contribution in [3.8, 4) is 5.75 Å². The minimum absolute atomic E-state index is 0. The van der Waals surface area contributed by atoms with E-state index in [1.165, 1.54) is 24.3 Å². The fourth-order valence-corrected chi connectivity index (χ4v) is 2.99. The van der Waals surface area contributed by atoms with Crippen LogP contribution in [0.2, 0.25) is 0 Å². The summed E-state index contributed by atoms with van der Waals surface area (Å²) < 4.78 is 55.9. The minimum Gasteiger partial charge on any atom is -0.506 e. The van der Waals surface area contributed by atoms with Crippen LogP contribution >= 0.6 is 0 Å². The van der Waals surface area contributed by atoms with Gasteiger partial charge in [0.1, 0.15) is 10.6 Å². The van der Waals surface area contributed by atoms with Crippen LogP contribution in [0, 0.1) is 0 Å². The van der Waals surface area contributed by atoms with Gasteiger partial charge in [0.15, 0.2) is 0 Å². The number of fused-ring (bicyclic) bond motifs is 1. The molecular formula is C11H11NNaO6S2. The Labute approximate surface area is 144 Å². The molecule has 0 saturated heterocycles. The van der Waals surface area contributed by atoms with Crippen LogP contribution in [0.3, 0.4) is 0 Å². The molecule has 0 spiro atoms. The monoisotopic (exact) mass is 340 g/mol. The van der Waals surface area contributed by atoms with Crippen molar-refractivity contribution >= 4 is 66.2 Å². The Bertz CT molecular complexity index is 892. The number of hydrogen-bond donors (Lipinski definition) is 3. The average molecular weight is 340 g/mol. The molecular weight excluding hydrogens is 329 g/mol. The molecule has 0 saturated carbocycles. The van der Waals surface area contributed by atoms with Crippen LogP contribution in [0.1, 0.15) is 0 Å². The van der Waals surface area contributed by atoms with Crippen molar-refractivity contribution < 1.29 is 26.5 Å². The van der Waals surface area contributed by atoms with Crippen molar-refractivity contribution in [2.75, 3.05) is 11.0 Å². The number of sulfonamides is 1. The van der Waals surface area contributed by atoms with Gasteiger partial charge in [-0.3, -0.25) is 9.27 Å². The second-order valence-electron chi connectivity index (χ2n) is 4.16. The van der Waals surface area contributed by atoms with Gasteiger partial charge in [-0.15, -0.1) is 0 Å². The predicted molar refractivity (Wildman–Crippen MR) is 79.6 cm³/mol. The molecule has 0 aliphatic rings. The standard InChI is InChI=1S/C11H11NO6S2.Na/c1-19(14,15)12-9-4-2-3-8-7(9)5-6-10(11(8)13)20(16,17)18;/h2-6,12-13H,1H3,(H,16,17,18);. The molecule has 109 valence electrons. The van der Waals surface area contributed by atoms with Crippen molar-refractivity contribution in [1.29, 1.82) is 0 Å². The molecule has 0 fully saturated rings. The first-order chi connectivity index (χ1) is 9.09. The molecule has 0 amide bonds. The van der Waals surface area contributed by atoms with Crippen molar-refractivity contribution in [3.05, 3.63) is 30.3 Å². The number of hydrogen-bond acceptors (Lipinski definition) is 5. The largest absolute Gasteiger partial charge is 0.506 e. The number of anilines is 1. The van der Waals surface area contributed by atoms with Crippen molar-refractivity contribution in [2.45, 2.75) is 4.90 Å². The SMILES string of the molecule is CS(=O)(=O)Nc1cccc2c(O)c(S(=O)(=O)O)ccc12.[Na]. The first-order valence-corrected chi connectivity index (χ1v) is 8.63. The first-order valence-electron chi connectivity index (χ1n) is 5.29. The topological polar surface area (TPSA) is 121 Å². The van der Waals surface area contributed by atoms with Crippen LogP contribution in [0.4, 0.5) is 5.69 Å². The summed E-state index contributed by atoms with van der Waals surface area (Å²) in [5.74, 6) is -0.637. The van der Waals surface area contributed by atoms with Crippen LogP contribution < -0.4 is 4.72 Å². The Morgan fingerprint density at radius 1 is 1.00 bits per heavy atom. The number of aromatic hydroxyl groups is 1. The van der Waals surface area contributed by atoms with Gasteiger partial charge < -0.3 is 5.11 Å². The zero-order chi connectivity index (χ0) is 15.1. The van der Waals surface area contributed by atoms with Crippen LogP contribution in [0.25, 0.3) is 10.8 Å². The van der Waals surface area contributed by atoms with E-state index in [1.54, 1.807) is 0 Å². The maximum atomic E-state index is 11.2. The van der Waals surface area contributed by atoms with Gasteiger partial charge >= 0.3 is 0 Å². The number of rotatable bonds is 3. The second-order valence-corrected chi connectivity index (χ2v) is 7.30. The molecule has 0 aromatic heterocycles. The van der Waals surface area contributed by atoms with E-state index >= 15 is 0 Å². The molecule has 0 atom stereocenters. The van der Waals surface area contributed by atoms with E-state index < -0.39 is 30.8 Å². The van der Waals surface area contributed by atoms with E-state index in [4.69, 9.17) is 4.55 Å². The fourth-order valence-electron chi connectivity index (χ4n) is 1.82. The summed E-state index contributed by atoms with van der Waals surface area (Å²) in [5.41, 5.74) is 0.196. The van der Waals surface area contributed by atoms with Gasteiger partial charge in [-0.2, -0.15) is 8.42 Å². The zero-order valence-electron chi connectivity index (χ0n) is 11.2. The van der Waals surface area contributed by atoms with E-state index in [9.17, 15) is 21.9 Å². The van der Waals surface area contributed by atoms with Crippen LogP contribution in [0.5, 0.6) is 5.75 Å². The quantitative estimate of drug-likeness (QED) is 0.561. The van der Waals surface area contributed by atoms with E-state index in [1.807, 2.05) is 0 Å². The molecule has 2 aromatic carbocycles. The van der Waals surface area contributed by atoms with Crippen molar-refractivity contribution in [2.24, 2.45) is 0 Å². The molecule has 2 aromatic rings. The van der Waals surface area contributed by atoms with Gasteiger partial charge in [0.2, 0.25) is 10.0 Å². The minimum atomic E-state index is -4.56. The number of phenolic OH excluding ortho intramolecular Hbond substituents is 1. The molecule has 0 heterocycles. The van der Waals surface area contributed by atoms with Crippen molar-refractivity contribution in [1.82, 2.24) is 0 Å². The summed E-state index contributed by atoms with van der Waals surface area (Å²) in [4.78, 5) is -0.637. The second kappa shape index (κ2) is 6.11. The summed E-state index contributed by atoms with van der Waals surface area (Å²) in [5, 5.41) is 10.3. The van der Waals surface area contributed by atoms with Crippen LogP contribution in [-0.2, 0) is 20.1 Å². The van der Waals surface area contributed by atoms with Crippen molar-refractivity contribution in [3.63, 3.8) is 0 Å². The molecule has 0 aliphatic carbocycles. The van der Waals surface area contributed by atoms with Gasteiger partial charge in [0, 0.05) is 40.3 Å². The number of phenols is 1. The summed E-state index contributed by atoms with van der Waals surface area (Å²) in [6, 6.07) is 6.62. The Morgan fingerprint density at radius 3 is 2.14 bits per heavy atom. The van der Waals surface area contributed by atoms with E-state index in [2.05, 4.69) is 4.72 Å². The van der Waals surface area contributed by atoms with E-state index in [0.717, 1.165) is 12.3 Å². The molecule has 3 N–H and O–H groups in total.